The van der Waals surface area contributed by atoms with Crippen molar-refractivity contribution in [3.8, 4) is 17.2 Å². The molecule has 10 heteroatoms. The maximum Gasteiger partial charge on any atom is 0.271 e. The first-order chi connectivity index (χ1) is 11.9. The molecule has 130 valence electrons. The van der Waals surface area contributed by atoms with Crippen LogP contribution >= 0.6 is 23.2 Å². The largest absolute Gasteiger partial charge is 0.482 e. The molecule has 0 fully saturated rings. The molecule has 8 nitrogen and oxygen atoms in total. The Balaban J connectivity index is 1.63. The predicted molar refractivity (Wildman–Crippen MR) is 89.8 cm³/mol. The van der Waals surface area contributed by atoms with Gasteiger partial charge in [0.1, 0.15) is 5.75 Å². The minimum Gasteiger partial charge on any atom is -0.482 e. The Labute approximate surface area is 151 Å². The van der Waals surface area contributed by atoms with E-state index in [0.29, 0.717) is 17.2 Å². The Morgan fingerprint density at radius 1 is 1.20 bits per heavy atom. The standard InChI is InChI=1S/C15H10Cl2N2O6/c16-9-4-13-14(25-7-24-13)5-11(9)18-15(20)6-23-12-2-1-8(19(21)22)3-10(12)17/h1-5H,6-7H2,(H,18,20). The summed E-state index contributed by atoms with van der Waals surface area (Å²) >= 11 is 12.0. The average molecular weight is 385 g/mol. The number of benzene rings is 2. The lowest BCUT2D eigenvalue weighted by atomic mass is 10.2. The number of nitrogens with one attached hydrogen (secondary N) is 1. The molecule has 0 aromatic heterocycles. The Bertz CT molecular complexity index is 858. The SMILES string of the molecule is O=C(COc1ccc([N+](=O)[O-])cc1Cl)Nc1cc2c(cc1Cl)OCO2. The number of nitro benzene ring substituents is 1. The first-order valence-electron chi connectivity index (χ1n) is 6.90. The van der Waals surface area contributed by atoms with Crippen molar-refractivity contribution in [3.63, 3.8) is 0 Å². The summed E-state index contributed by atoms with van der Waals surface area (Å²) in [6, 6.07) is 6.77. The topological polar surface area (TPSA) is 99.9 Å². The van der Waals surface area contributed by atoms with Crippen LogP contribution in [0.4, 0.5) is 11.4 Å². The van der Waals surface area contributed by atoms with Gasteiger partial charge in [-0.05, 0) is 6.07 Å². The molecule has 0 bridgehead atoms. The highest BCUT2D eigenvalue weighted by molar-refractivity contribution is 6.34. The fourth-order valence-corrected chi connectivity index (χ4v) is 2.49. The maximum atomic E-state index is 12.0. The molecular weight excluding hydrogens is 375 g/mol. The monoisotopic (exact) mass is 384 g/mol. The quantitative estimate of drug-likeness (QED) is 0.623. The number of ether oxygens (including phenoxy) is 3. The van der Waals surface area contributed by atoms with E-state index >= 15 is 0 Å². The van der Waals surface area contributed by atoms with Crippen LogP contribution in [0.3, 0.4) is 0 Å². The van der Waals surface area contributed by atoms with E-state index < -0.39 is 10.8 Å². The molecule has 25 heavy (non-hydrogen) atoms. The van der Waals surface area contributed by atoms with Crippen molar-refractivity contribution in [2.24, 2.45) is 0 Å². The number of halogens is 2. The van der Waals surface area contributed by atoms with Gasteiger partial charge in [0.25, 0.3) is 11.6 Å². The summed E-state index contributed by atoms with van der Waals surface area (Å²) in [5.74, 6) is 0.630. The summed E-state index contributed by atoms with van der Waals surface area (Å²) in [7, 11) is 0. The first kappa shape index (κ1) is 17.1. The van der Waals surface area contributed by atoms with Gasteiger partial charge in [0, 0.05) is 24.3 Å². The summed E-state index contributed by atoms with van der Waals surface area (Å²) in [6.45, 7) is -0.271. The number of carbonyl (C=O) groups excluding carboxylic acids is 1. The van der Waals surface area contributed by atoms with Gasteiger partial charge in [0.15, 0.2) is 18.1 Å². The molecule has 1 aliphatic rings. The van der Waals surface area contributed by atoms with Crippen LogP contribution in [-0.2, 0) is 4.79 Å². The summed E-state index contributed by atoms with van der Waals surface area (Å²) in [6.07, 6.45) is 0. The van der Waals surface area contributed by atoms with Crippen molar-refractivity contribution in [1.29, 1.82) is 0 Å². The minimum absolute atomic E-state index is 0.0307. The molecule has 1 aliphatic heterocycles. The Morgan fingerprint density at radius 2 is 1.92 bits per heavy atom. The number of amides is 1. The number of nitrogens with zero attached hydrogens (tertiary/aromatic N) is 1. The summed E-state index contributed by atoms with van der Waals surface area (Å²) in [4.78, 5) is 22.1. The van der Waals surface area contributed by atoms with E-state index in [1.54, 1.807) is 6.07 Å². The van der Waals surface area contributed by atoms with Crippen molar-refractivity contribution in [3.05, 3.63) is 50.5 Å². The zero-order chi connectivity index (χ0) is 18.0. The number of non-ortho nitro benzene ring substituents is 1. The first-order valence-corrected chi connectivity index (χ1v) is 7.65. The second kappa shape index (κ2) is 7.04. The van der Waals surface area contributed by atoms with Crippen LogP contribution in [0, 0.1) is 10.1 Å². The Morgan fingerprint density at radius 3 is 2.60 bits per heavy atom. The van der Waals surface area contributed by atoms with Gasteiger partial charge in [0.05, 0.1) is 20.7 Å². The Hall–Kier alpha value is -2.71. The van der Waals surface area contributed by atoms with E-state index in [0.717, 1.165) is 6.07 Å². The van der Waals surface area contributed by atoms with Crippen molar-refractivity contribution in [2.75, 3.05) is 18.7 Å². The van der Waals surface area contributed by atoms with Crippen LogP contribution < -0.4 is 19.5 Å². The molecule has 0 saturated heterocycles. The van der Waals surface area contributed by atoms with Gasteiger partial charge in [-0.3, -0.25) is 14.9 Å². The van der Waals surface area contributed by atoms with Crippen molar-refractivity contribution >= 4 is 40.5 Å². The lowest BCUT2D eigenvalue weighted by Crippen LogP contribution is -2.20. The average Bonchev–Trinajstić information content (AvgIpc) is 3.01. The van der Waals surface area contributed by atoms with E-state index in [-0.39, 0.29) is 34.9 Å². The van der Waals surface area contributed by atoms with Gasteiger partial charge in [-0.15, -0.1) is 0 Å². The summed E-state index contributed by atoms with van der Waals surface area (Å²) < 4.78 is 15.7. The van der Waals surface area contributed by atoms with E-state index in [1.165, 1.54) is 18.2 Å². The predicted octanol–water partition coefficient (Wildman–Crippen LogP) is 3.65. The molecule has 0 saturated carbocycles. The van der Waals surface area contributed by atoms with Gasteiger partial charge in [0.2, 0.25) is 6.79 Å². The second-order valence-electron chi connectivity index (χ2n) is 4.89. The molecule has 2 aromatic rings. The minimum atomic E-state index is -0.579. The zero-order valence-corrected chi connectivity index (χ0v) is 14.0. The number of hydrogen-bond donors (Lipinski definition) is 1. The molecule has 0 radical (unpaired) electrons. The zero-order valence-electron chi connectivity index (χ0n) is 12.5. The third kappa shape index (κ3) is 3.86. The van der Waals surface area contributed by atoms with E-state index in [1.807, 2.05) is 0 Å². The van der Waals surface area contributed by atoms with Crippen molar-refractivity contribution in [2.45, 2.75) is 0 Å². The van der Waals surface area contributed by atoms with Crippen LogP contribution in [0.1, 0.15) is 0 Å². The third-order valence-electron chi connectivity index (χ3n) is 3.22. The highest BCUT2D eigenvalue weighted by atomic mass is 35.5. The third-order valence-corrected chi connectivity index (χ3v) is 3.83. The molecule has 1 N–H and O–H groups in total. The van der Waals surface area contributed by atoms with Gasteiger partial charge < -0.3 is 19.5 Å². The fourth-order valence-electron chi connectivity index (χ4n) is 2.06. The highest BCUT2D eigenvalue weighted by Crippen LogP contribution is 2.39. The molecule has 3 rings (SSSR count). The van der Waals surface area contributed by atoms with Crippen LogP contribution in [0.2, 0.25) is 10.0 Å². The Kier molecular flexibility index (Phi) is 4.82. The molecule has 0 unspecified atom stereocenters. The lowest BCUT2D eigenvalue weighted by molar-refractivity contribution is -0.384. The maximum absolute atomic E-state index is 12.0. The van der Waals surface area contributed by atoms with Gasteiger partial charge in [-0.25, -0.2) is 0 Å². The molecular formula is C15H10Cl2N2O6. The van der Waals surface area contributed by atoms with Gasteiger partial charge in [-0.2, -0.15) is 0 Å². The number of hydrogen-bond acceptors (Lipinski definition) is 6. The highest BCUT2D eigenvalue weighted by Gasteiger charge is 2.18. The number of carbonyl (C=O) groups is 1. The number of fused-ring (bicyclic) bond motifs is 1. The molecule has 2 aromatic carbocycles. The number of anilines is 1. The van der Waals surface area contributed by atoms with Crippen LogP contribution in [-0.4, -0.2) is 24.2 Å². The lowest BCUT2D eigenvalue weighted by Gasteiger charge is -2.10. The molecule has 0 atom stereocenters. The van der Waals surface area contributed by atoms with E-state index in [9.17, 15) is 14.9 Å². The number of rotatable bonds is 5. The van der Waals surface area contributed by atoms with Crippen LogP contribution in [0.25, 0.3) is 0 Å². The normalized spacial score (nSPS) is 11.9. The van der Waals surface area contributed by atoms with Crippen LogP contribution in [0.5, 0.6) is 17.2 Å². The van der Waals surface area contributed by atoms with Crippen LogP contribution in [0.15, 0.2) is 30.3 Å². The smallest absolute Gasteiger partial charge is 0.271 e. The second-order valence-corrected chi connectivity index (χ2v) is 5.71. The molecule has 1 amide bonds. The van der Waals surface area contributed by atoms with Gasteiger partial charge in [-0.1, -0.05) is 23.2 Å². The van der Waals surface area contributed by atoms with Crippen molar-refractivity contribution in [1.82, 2.24) is 0 Å². The molecule has 0 spiro atoms. The van der Waals surface area contributed by atoms with Crippen molar-refractivity contribution < 1.29 is 23.9 Å². The summed E-state index contributed by atoms with van der Waals surface area (Å²) in [5, 5.41) is 13.5. The summed E-state index contributed by atoms with van der Waals surface area (Å²) in [5.41, 5.74) is 0.170. The fraction of sp³-hybridized carbons (Fsp3) is 0.133. The number of nitro groups is 1. The van der Waals surface area contributed by atoms with E-state index in [2.05, 4.69) is 5.32 Å². The molecule has 1 heterocycles. The van der Waals surface area contributed by atoms with E-state index in [4.69, 9.17) is 37.4 Å². The van der Waals surface area contributed by atoms with Gasteiger partial charge >= 0.3 is 0 Å². The molecule has 0 aliphatic carbocycles.